The molecule has 4 heteroatoms. The molecule has 36 heavy (non-hydrogen) atoms. The minimum Gasteiger partial charge on any atom is -0.297 e. The average molecular weight is 495 g/mol. The summed E-state index contributed by atoms with van der Waals surface area (Å²) in [4.78, 5) is 27.0. The van der Waals surface area contributed by atoms with Crippen LogP contribution >= 0.6 is 0 Å². The maximum absolute atomic E-state index is 12.6. The molecule has 8 atom stereocenters. The third kappa shape index (κ3) is 4.29. The molecule has 3 fully saturated rings. The molecule has 0 aliphatic heterocycles. The van der Waals surface area contributed by atoms with E-state index in [0.717, 1.165) is 54.8 Å². The minimum absolute atomic E-state index is 0.167. The summed E-state index contributed by atoms with van der Waals surface area (Å²) in [6.45, 7) is 14.3. The molecular formula is C32H50N2O2. The fourth-order valence-corrected chi connectivity index (χ4v) is 9.76. The fourth-order valence-electron chi connectivity index (χ4n) is 9.76. The number of aryl methyl sites for hydroxylation is 1. The van der Waals surface area contributed by atoms with E-state index in [4.69, 9.17) is 0 Å². The first-order valence-electron chi connectivity index (χ1n) is 15.1. The number of aromatic nitrogens is 2. The van der Waals surface area contributed by atoms with Gasteiger partial charge in [-0.15, -0.1) is 0 Å². The molecule has 0 saturated heterocycles. The Morgan fingerprint density at radius 3 is 2.56 bits per heavy atom. The molecule has 1 N–H and O–H groups in total. The largest absolute Gasteiger partial charge is 0.328 e. The van der Waals surface area contributed by atoms with Gasteiger partial charge in [0.25, 0.3) is 5.56 Å². The number of aromatic amines is 1. The van der Waals surface area contributed by atoms with Crippen LogP contribution in [-0.4, -0.2) is 9.55 Å². The van der Waals surface area contributed by atoms with Crippen molar-refractivity contribution >= 4 is 0 Å². The van der Waals surface area contributed by atoms with Crippen LogP contribution < -0.4 is 11.2 Å². The highest BCUT2D eigenvalue weighted by molar-refractivity contribution is 5.26. The maximum Gasteiger partial charge on any atom is 0.328 e. The topological polar surface area (TPSA) is 54.9 Å². The number of allylic oxidation sites excluding steroid dienone is 2. The Morgan fingerprint density at radius 2 is 1.81 bits per heavy atom. The van der Waals surface area contributed by atoms with Gasteiger partial charge in [0, 0.05) is 17.8 Å². The standard InChI is InChI=1S/C32H50N2O2/c1-20(2)8-7-9-21(3)26-12-13-27-25-11-10-23-18-24(34-19-22(4)29(35)33-30(34)36)14-16-31(23,5)28(25)15-17-32(26,27)6/h10,19-21,24-28H,7-9,11-18H2,1-6H3,(H,33,35,36). The molecule has 0 amide bonds. The van der Waals surface area contributed by atoms with E-state index in [2.05, 4.69) is 45.7 Å². The van der Waals surface area contributed by atoms with E-state index in [1.165, 1.54) is 51.4 Å². The van der Waals surface area contributed by atoms with E-state index >= 15 is 0 Å². The Bertz CT molecular complexity index is 1110. The van der Waals surface area contributed by atoms with E-state index in [9.17, 15) is 9.59 Å². The van der Waals surface area contributed by atoms with E-state index < -0.39 is 0 Å². The second kappa shape index (κ2) is 9.62. The van der Waals surface area contributed by atoms with Crippen molar-refractivity contribution in [3.63, 3.8) is 0 Å². The Morgan fingerprint density at radius 1 is 1.03 bits per heavy atom. The van der Waals surface area contributed by atoms with Crippen LogP contribution in [0, 0.1) is 53.3 Å². The van der Waals surface area contributed by atoms with Crippen molar-refractivity contribution in [2.45, 2.75) is 118 Å². The van der Waals surface area contributed by atoms with E-state index in [1.54, 1.807) is 18.7 Å². The van der Waals surface area contributed by atoms with Gasteiger partial charge in [0.2, 0.25) is 0 Å². The zero-order valence-corrected chi connectivity index (χ0v) is 23.7. The number of nitrogens with one attached hydrogen (secondary N) is 1. The molecule has 4 aliphatic carbocycles. The van der Waals surface area contributed by atoms with Crippen molar-refractivity contribution in [1.29, 1.82) is 0 Å². The summed E-state index contributed by atoms with van der Waals surface area (Å²) in [5.41, 5.74) is 2.52. The van der Waals surface area contributed by atoms with Gasteiger partial charge in [-0.1, -0.05) is 65.5 Å². The molecule has 0 spiro atoms. The number of H-pyrrole nitrogens is 1. The molecule has 8 unspecified atom stereocenters. The van der Waals surface area contributed by atoms with Crippen LogP contribution in [0.3, 0.4) is 0 Å². The van der Waals surface area contributed by atoms with Gasteiger partial charge in [-0.2, -0.15) is 0 Å². The molecule has 4 nitrogen and oxygen atoms in total. The zero-order chi connectivity index (χ0) is 25.8. The van der Waals surface area contributed by atoms with Crippen LogP contribution in [-0.2, 0) is 0 Å². The molecule has 200 valence electrons. The van der Waals surface area contributed by atoms with Gasteiger partial charge in [0.05, 0.1) is 0 Å². The lowest BCUT2D eigenvalue weighted by atomic mass is 9.47. The zero-order valence-electron chi connectivity index (χ0n) is 23.7. The molecule has 0 radical (unpaired) electrons. The number of hydrogen-bond acceptors (Lipinski definition) is 2. The van der Waals surface area contributed by atoms with Crippen molar-refractivity contribution in [3.05, 3.63) is 44.2 Å². The lowest BCUT2D eigenvalue weighted by molar-refractivity contribution is -0.0524. The molecular weight excluding hydrogens is 444 g/mol. The predicted molar refractivity (Wildman–Crippen MR) is 148 cm³/mol. The van der Waals surface area contributed by atoms with E-state index in [-0.39, 0.29) is 22.7 Å². The second-order valence-corrected chi connectivity index (χ2v) is 14.2. The molecule has 3 saturated carbocycles. The number of rotatable bonds is 6. The van der Waals surface area contributed by atoms with Crippen LogP contribution in [0.25, 0.3) is 0 Å². The van der Waals surface area contributed by atoms with E-state index in [0.29, 0.717) is 11.0 Å². The fraction of sp³-hybridized carbons (Fsp3) is 0.812. The summed E-state index contributed by atoms with van der Waals surface area (Å²) in [6, 6.07) is 0.167. The summed E-state index contributed by atoms with van der Waals surface area (Å²) in [5.74, 6) is 5.09. The Labute approximate surface area is 218 Å². The van der Waals surface area contributed by atoms with Gasteiger partial charge in [-0.05, 0) is 105 Å². The normalized spacial score (nSPS) is 38.8. The minimum atomic E-state index is -0.258. The van der Waals surface area contributed by atoms with Crippen LogP contribution in [0.2, 0.25) is 0 Å². The highest BCUT2D eigenvalue weighted by Crippen LogP contribution is 2.67. The molecule has 0 bridgehead atoms. The molecule has 1 heterocycles. The van der Waals surface area contributed by atoms with Crippen molar-refractivity contribution < 1.29 is 0 Å². The third-order valence-electron chi connectivity index (χ3n) is 11.8. The average Bonchev–Trinajstić information content (AvgIpc) is 3.18. The Kier molecular flexibility index (Phi) is 6.96. The van der Waals surface area contributed by atoms with Crippen molar-refractivity contribution in [3.8, 4) is 0 Å². The van der Waals surface area contributed by atoms with Gasteiger partial charge in [-0.25, -0.2) is 4.79 Å². The molecule has 4 aliphatic rings. The lowest BCUT2D eigenvalue weighted by Gasteiger charge is -2.58. The highest BCUT2D eigenvalue weighted by Gasteiger charge is 2.59. The summed E-state index contributed by atoms with van der Waals surface area (Å²) in [5, 5.41) is 0. The van der Waals surface area contributed by atoms with E-state index in [1.807, 2.05) is 4.57 Å². The molecule has 1 aromatic rings. The lowest BCUT2D eigenvalue weighted by Crippen LogP contribution is -2.50. The first kappa shape index (κ1) is 26.0. The number of hydrogen-bond donors (Lipinski definition) is 1. The smallest absolute Gasteiger partial charge is 0.297 e. The predicted octanol–water partition coefficient (Wildman–Crippen LogP) is 7.43. The Balaban J connectivity index is 1.33. The summed E-state index contributed by atoms with van der Waals surface area (Å²) < 4.78 is 1.81. The van der Waals surface area contributed by atoms with Crippen molar-refractivity contribution in [2.24, 2.45) is 46.3 Å². The first-order chi connectivity index (χ1) is 17.0. The van der Waals surface area contributed by atoms with Gasteiger partial charge >= 0.3 is 5.69 Å². The summed E-state index contributed by atoms with van der Waals surface area (Å²) >= 11 is 0. The first-order valence-corrected chi connectivity index (χ1v) is 15.1. The summed E-state index contributed by atoms with van der Waals surface area (Å²) in [6.07, 6.45) is 18.6. The van der Waals surface area contributed by atoms with Crippen LogP contribution in [0.1, 0.15) is 117 Å². The second-order valence-electron chi connectivity index (χ2n) is 14.2. The van der Waals surface area contributed by atoms with Gasteiger partial charge in [0.15, 0.2) is 0 Å². The Hall–Kier alpha value is -1.58. The van der Waals surface area contributed by atoms with Gasteiger partial charge in [-0.3, -0.25) is 14.3 Å². The van der Waals surface area contributed by atoms with Crippen LogP contribution in [0.4, 0.5) is 0 Å². The molecule has 0 aromatic carbocycles. The van der Waals surface area contributed by atoms with Gasteiger partial charge < -0.3 is 0 Å². The van der Waals surface area contributed by atoms with Crippen LogP contribution in [0.15, 0.2) is 27.4 Å². The molecule has 5 rings (SSSR count). The SMILES string of the molecule is Cc1cn(C2CCC3(C)C(=CCC4C3CCC3(C)C(C(C)CCCC(C)C)CCC43)C2)c(=O)[nH]c1=O. The molecule has 1 aromatic heterocycles. The summed E-state index contributed by atoms with van der Waals surface area (Å²) in [7, 11) is 0. The monoisotopic (exact) mass is 494 g/mol. The van der Waals surface area contributed by atoms with Crippen molar-refractivity contribution in [2.75, 3.05) is 0 Å². The quantitative estimate of drug-likeness (QED) is 0.418. The van der Waals surface area contributed by atoms with Crippen LogP contribution in [0.5, 0.6) is 0 Å². The van der Waals surface area contributed by atoms with Gasteiger partial charge in [0.1, 0.15) is 0 Å². The highest BCUT2D eigenvalue weighted by atomic mass is 16.2. The van der Waals surface area contributed by atoms with Crippen molar-refractivity contribution in [1.82, 2.24) is 9.55 Å². The number of nitrogens with zero attached hydrogens (tertiary/aromatic N) is 1. The maximum atomic E-state index is 12.6. The number of fused-ring (bicyclic) bond motifs is 5. The third-order valence-corrected chi connectivity index (χ3v) is 11.8.